The van der Waals surface area contributed by atoms with Crippen LogP contribution in [0.3, 0.4) is 0 Å². The molecule has 0 aliphatic heterocycles. The van der Waals surface area contributed by atoms with E-state index in [0.29, 0.717) is 27.1 Å². The molecule has 1 heterocycles. The number of Topliss-reactive ketones (excluding diaryl/α,β-unsaturated/α-hetero) is 1. The minimum atomic E-state index is -0.497. The first-order valence-corrected chi connectivity index (χ1v) is 11.2. The highest BCUT2D eigenvalue weighted by atomic mass is 32.1. The van der Waals surface area contributed by atoms with Crippen LogP contribution in [0.5, 0.6) is 5.75 Å². The number of esters is 1. The zero-order valence-corrected chi connectivity index (χ0v) is 20.2. The van der Waals surface area contributed by atoms with Gasteiger partial charge in [-0.2, -0.15) is 0 Å². The first-order valence-electron chi connectivity index (χ1n) is 10.4. The quantitative estimate of drug-likeness (QED) is 0.523. The summed E-state index contributed by atoms with van der Waals surface area (Å²) >= 11 is 1.30. The summed E-state index contributed by atoms with van der Waals surface area (Å²) in [5.74, 6) is 0.293. The lowest BCUT2D eigenvalue weighted by atomic mass is 9.91. The fourth-order valence-electron chi connectivity index (χ4n) is 2.87. The molecule has 0 atom stereocenters. The Hall–Kier alpha value is -3.45. The first-order chi connectivity index (χ1) is 15.6. The van der Waals surface area contributed by atoms with Crippen LogP contribution in [0.15, 0.2) is 53.3 Å². The Kier molecular flexibility index (Phi) is 7.33. The maximum absolute atomic E-state index is 12.6. The number of carbonyl (C=O) groups is 2. The van der Waals surface area contributed by atoms with Crippen molar-refractivity contribution in [1.29, 1.82) is 0 Å². The third kappa shape index (κ3) is 6.08. The number of hydrogen-bond donors (Lipinski definition) is 0. The summed E-state index contributed by atoms with van der Waals surface area (Å²) in [5.41, 5.74) is 1.64. The number of rotatable bonds is 6. The number of ether oxygens (including phenoxy) is 2. The molecule has 33 heavy (non-hydrogen) atoms. The molecule has 0 bridgehead atoms. The highest BCUT2D eigenvalue weighted by molar-refractivity contribution is 7.07. The van der Waals surface area contributed by atoms with Gasteiger partial charge in [0.1, 0.15) is 17.0 Å². The van der Waals surface area contributed by atoms with Crippen LogP contribution >= 0.6 is 11.3 Å². The third-order valence-electron chi connectivity index (χ3n) is 5.01. The number of aromatic nitrogens is 1. The molecule has 1 aromatic heterocycles. The predicted molar refractivity (Wildman–Crippen MR) is 130 cm³/mol. The zero-order chi connectivity index (χ0) is 24.2. The van der Waals surface area contributed by atoms with Gasteiger partial charge in [-0.1, -0.05) is 45.0 Å². The van der Waals surface area contributed by atoms with Gasteiger partial charge in [0, 0.05) is 18.5 Å². The molecule has 0 spiro atoms. The van der Waals surface area contributed by atoms with Crippen molar-refractivity contribution in [2.24, 2.45) is 12.5 Å². The van der Waals surface area contributed by atoms with Gasteiger partial charge in [0.25, 0.3) is 5.56 Å². The lowest BCUT2D eigenvalue weighted by Gasteiger charge is -2.12. The number of ketones is 1. The topological polar surface area (TPSA) is 74.6 Å². The molecule has 3 aromatic rings. The lowest BCUT2D eigenvalue weighted by Crippen LogP contribution is -2.30. The van der Waals surface area contributed by atoms with Crippen LogP contribution in [0.1, 0.15) is 42.3 Å². The van der Waals surface area contributed by atoms with Crippen molar-refractivity contribution in [2.45, 2.75) is 27.4 Å². The van der Waals surface area contributed by atoms with Crippen molar-refractivity contribution in [1.82, 2.24) is 4.57 Å². The summed E-state index contributed by atoms with van der Waals surface area (Å²) in [7, 11) is 3.02. The Morgan fingerprint density at radius 2 is 1.67 bits per heavy atom. The summed E-state index contributed by atoms with van der Waals surface area (Å²) in [5, 5.41) is 0. The van der Waals surface area contributed by atoms with E-state index in [2.05, 4.69) is 0 Å². The molecular weight excluding hydrogens is 438 g/mol. The summed E-state index contributed by atoms with van der Waals surface area (Å²) in [4.78, 5) is 36.4. The van der Waals surface area contributed by atoms with Gasteiger partial charge in [0.2, 0.25) is 0 Å². The minimum absolute atomic E-state index is 0.0210. The van der Waals surface area contributed by atoms with Crippen LogP contribution in [0, 0.1) is 5.41 Å². The highest BCUT2D eigenvalue weighted by Crippen LogP contribution is 2.16. The molecule has 0 fully saturated rings. The SMILES string of the molecule is COC(=O)c1ccc(COc2ccc(/C=c3\s/c(=C\C(=O)C(C)(C)C)n(C)c3=O)cc2)cc1. The molecule has 2 aromatic carbocycles. The van der Waals surface area contributed by atoms with Gasteiger partial charge in [-0.15, -0.1) is 11.3 Å². The second-order valence-corrected chi connectivity index (χ2v) is 9.68. The summed E-state index contributed by atoms with van der Waals surface area (Å²) < 4.78 is 13.2. The number of nitrogens with zero attached hydrogens (tertiary/aromatic N) is 1. The van der Waals surface area contributed by atoms with Gasteiger partial charge < -0.3 is 14.0 Å². The van der Waals surface area contributed by atoms with E-state index >= 15 is 0 Å². The van der Waals surface area contributed by atoms with Crippen LogP contribution in [0.4, 0.5) is 0 Å². The molecule has 0 aliphatic rings. The third-order valence-corrected chi connectivity index (χ3v) is 6.13. The Morgan fingerprint density at radius 1 is 1.03 bits per heavy atom. The van der Waals surface area contributed by atoms with E-state index in [1.807, 2.05) is 57.2 Å². The van der Waals surface area contributed by atoms with Gasteiger partial charge in [-0.3, -0.25) is 9.59 Å². The van der Waals surface area contributed by atoms with Gasteiger partial charge in [-0.25, -0.2) is 4.79 Å². The van der Waals surface area contributed by atoms with Crippen LogP contribution < -0.4 is 19.5 Å². The Labute approximate surface area is 196 Å². The molecule has 6 nitrogen and oxygen atoms in total. The van der Waals surface area contributed by atoms with Crippen LogP contribution in [-0.4, -0.2) is 23.4 Å². The molecule has 0 saturated carbocycles. The minimum Gasteiger partial charge on any atom is -0.489 e. The van der Waals surface area contributed by atoms with E-state index < -0.39 is 5.41 Å². The Bertz CT molecular complexity index is 1320. The molecule has 0 unspecified atom stereocenters. The number of carbonyl (C=O) groups excluding carboxylic acids is 2. The van der Waals surface area contributed by atoms with E-state index in [1.54, 1.807) is 25.3 Å². The molecule has 172 valence electrons. The lowest BCUT2D eigenvalue weighted by molar-refractivity contribution is -0.120. The van der Waals surface area contributed by atoms with Crippen molar-refractivity contribution >= 4 is 35.2 Å². The highest BCUT2D eigenvalue weighted by Gasteiger charge is 2.19. The molecular formula is C26H27NO5S. The van der Waals surface area contributed by atoms with Gasteiger partial charge >= 0.3 is 5.97 Å². The monoisotopic (exact) mass is 465 g/mol. The fraction of sp³-hybridized carbons (Fsp3) is 0.269. The summed E-state index contributed by atoms with van der Waals surface area (Å²) in [6.07, 6.45) is 3.35. The standard InChI is InChI=1S/C26H27NO5S/c1-26(2,3)22(28)15-23-27(4)24(29)21(33-23)14-17-8-12-20(13-9-17)32-16-18-6-10-19(11-7-18)25(30)31-5/h6-15H,16H2,1-5H3/b21-14-,23-15-. The second kappa shape index (κ2) is 10.0. The number of thiazole rings is 1. The molecule has 0 radical (unpaired) electrons. The number of methoxy groups -OCH3 is 1. The molecule has 3 rings (SSSR count). The second-order valence-electron chi connectivity index (χ2n) is 8.62. The molecule has 0 saturated heterocycles. The van der Waals surface area contributed by atoms with Crippen LogP contribution in [-0.2, 0) is 23.2 Å². The van der Waals surface area contributed by atoms with Crippen molar-refractivity contribution in [3.05, 3.63) is 84.8 Å². The summed E-state index contributed by atoms with van der Waals surface area (Å²) in [6, 6.07) is 14.5. The van der Waals surface area contributed by atoms with Crippen LogP contribution in [0.2, 0.25) is 0 Å². The summed E-state index contributed by atoms with van der Waals surface area (Å²) in [6.45, 7) is 5.92. The van der Waals surface area contributed by atoms with Crippen molar-refractivity contribution in [2.75, 3.05) is 7.11 Å². The predicted octanol–water partition coefficient (Wildman–Crippen LogP) is 3.04. The van der Waals surface area contributed by atoms with E-state index in [-0.39, 0.29) is 17.3 Å². The maximum atomic E-state index is 12.6. The van der Waals surface area contributed by atoms with Crippen molar-refractivity contribution in [3.63, 3.8) is 0 Å². The van der Waals surface area contributed by atoms with Crippen LogP contribution in [0.25, 0.3) is 12.2 Å². The zero-order valence-electron chi connectivity index (χ0n) is 19.4. The maximum Gasteiger partial charge on any atom is 0.337 e. The smallest absolute Gasteiger partial charge is 0.337 e. The Balaban J connectivity index is 1.74. The molecule has 7 heteroatoms. The van der Waals surface area contributed by atoms with Gasteiger partial charge in [0.15, 0.2) is 5.78 Å². The van der Waals surface area contributed by atoms with E-state index in [9.17, 15) is 14.4 Å². The normalized spacial score (nSPS) is 12.6. The van der Waals surface area contributed by atoms with Gasteiger partial charge in [0.05, 0.1) is 17.2 Å². The number of benzene rings is 2. The largest absolute Gasteiger partial charge is 0.489 e. The van der Waals surface area contributed by atoms with E-state index in [0.717, 1.165) is 11.1 Å². The average molecular weight is 466 g/mol. The van der Waals surface area contributed by atoms with Gasteiger partial charge in [-0.05, 0) is 41.5 Å². The fourth-order valence-corrected chi connectivity index (χ4v) is 3.90. The number of hydrogen-bond acceptors (Lipinski definition) is 6. The first kappa shape index (κ1) is 24.2. The van der Waals surface area contributed by atoms with E-state index in [4.69, 9.17) is 9.47 Å². The van der Waals surface area contributed by atoms with E-state index in [1.165, 1.54) is 29.1 Å². The van der Waals surface area contributed by atoms with Crippen molar-refractivity contribution < 1.29 is 19.1 Å². The molecule has 0 amide bonds. The van der Waals surface area contributed by atoms with Crippen molar-refractivity contribution in [3.8, 4) is 5.75 Å². The molecule has 0 N–H and O–H groups in total. The Morgan fingerprint density at radius 3 is 2.24 bits per heavy atom. The molecule has 0 aliphatic carbocycles. The average Bonchev–Trinajstić information content (AvgIpc) is 3.05.